The molecule has 0 rings (SSSR count). The molecular weight excluding hydrogens is 222 g/mol. The van der Waals surface area contributed by atoms with Crippen molar-refractivity contribution in [2.75, 3.05) is 25.1 Å². The summed E-state index contributed by atoms with van der Waals surface area (Å²) in [4.78, 5) is 0. The lowest BCUT2D eigenvalue weighted by atomic mass is 9.77. The van der Waals surface area contributed by atoms with Gasteiger partial charge in [-0.3, -0.25) is 0 Å². The average Bonchev–Trinajstić information content (AvgIpc) is 2.15. The second kappa shape index (κ2) is 6.60. The Labute approximate surface area is 101 Å². The van der Waals surface area contributed by atoms with Crippen molar-refractivity contribution in [2.45, 2.75) is 40.5 Å². The molecule has 0 radical (unpaired) electrons. The van der Waals surface area contributed by atoms with Crippen LogP contribution in [0.2, 0.25) is 0 Å². The quantitative estimate of drug-likeness (QED) is 0.716. The van der Waals surface area contributed by atoms with Gasteiger partial charge < -0.3 is 5.32 Å². The molecule has 0 heterocycles. The van der Waals surface area contributed by atoms with Gasteiger partial charge in [-0.1, -0.05) is 27.7 Å². The summed E-state index contributed by atoms with van der Waals surface area (Å²) in [5, 5.41) is 3.16. The number of rotatable bonds is 8. The minimum atomic E-state index is -2.84. The van der Waals surface area contributed by atoms with Crippen LogP contribution in [0.5, 0.6) is 0 Å². The van der Waals surface area contributed by atoms with Crippen molar-refractivity contribution in [2.24, 2.45) is 11.3 Å². The molecule has 0 fully saturated rings. The first kappa shape index (κ1) is 15.9. The lowest BCUT2D eigenvalue weighted by molar-refractivity contribution is 0.206. The molecule has 1 N–H and O–H groups in total. The van der Waals surface area contributed by atoms with E-state index in [-0.39, 0.29) is 5.41 Å². The van der Waals surface area contributed by atoms with E-state index in [0.717, 1.165) is 13.0 Å². The van der Waals surface area contributed by atoms with Crippen LogP contribution in [0.1, 0.15) is 40.5 Å². The molecule has 0 aliphatic heterocycles. The Morgan fingerprint density at radius 1 is 1.25 bits per heavy atom. The minimum absolute atomic E-state index is 0.0650. The number of nitrogens with one attached hydrogen (secondary N) is 1. The molecule has 98 valence electrons. The molecule has 0 aromatic heterocycles. The molecule has 4 heteroatoms. The molecule has 0 amide bonds. The van der Waals surface area contributed by atoms with E-state index in [0.29, 0.717) is 23.8 Å². The maximum absolute atomic E-state index is 11.7. The van der Waals surface area contributed by atoms with E-state index < -0.39 is 9.84 Å². The van der Waals surface area contributed by atoms with E-state index >= 15 is 0 Å². The summed E-state index contributed by atoms with van der Waals surface area (Å²) in [5.41, 5.74) is 0.0650. The molecule has 16 heavy (non-hydrogen) atoms. The van der Waals surface area contributed by atoms with Gasteiger partial charge in [0, 0.05) is 12.3 Å². The second-order valence-electron chi connectivity index (χ2n) is 5.24. The first-order valence-electron chi connectivity index (χ1n) is 6.12. The summed E-state index contributed by atoms with van der Waals surface area (Å²) < 4.78 is 23.4. The van der Waals surface area contributed by atoms with Crippen molar-refractivity contribution in [3.8, 4) is 0 Å². The summed E-state index contributed by atoms with van der Waals surface area (Å²) in [5.74, 6) is 1.12. The fraction of sp³-hybridized carbons (Fsp3) is 1.00. The maximum Gasteiger partial charge on any atom is 0.150 e. The van der Waals surface area contributed by atoms with E-state index in [9.17, 15) is 8.42 Å². The molecule has 0 saturated heterocycles. The molecule has 0 aromatic carbocycles. The Hall–Kier alpha value is -0.0900. The van der Waals surface area contributed by atoms with E-state index in [4.69, 9.17) is 0 Å². The molecule has 0 spiro atoms. The Balaban J connectivity index is 4.44. The molecule has 1 unspecified atom stereocenters. The predicted octanol–water partition coefficient (Wildman–Crippen LogP) is 2.08. The van der Waals surface area contributed by atoms with Crippen LogP contribution < -0.4 is 5.32 Å². The van der Waals surface area contributed by atoms with Gasteiger partial charge in [0.25, 0.3) is 0 Å². The summed E-state index contributed by atoms with van der Waals surface area (Å²) >= 11 is 0. The zero-order valence-electron chi connectivity index (χ0n) is 11.3. The third-order valence-corrected chi connectivity index (χ3v) is 5.33. The molecule has 0 aliphatic carbocycles. The Morgan fingerprint density at radius 2 is 1.81 bits per heavy atom. The van der Waals surface area contributed by atoms with Crippen LogP contribution in [0.15, 0.2) is 0 Å². The molecule has 0 bridgehead atoms. The number of hydrogen-bond acceptors (Lipinski definition) is 3. The highest BCUT2D eigenvalue weighted by Gasteiger charge is 2.29. The molecule has 0 saturated carbocycles. The zero-order chi connectivity index (χ0) is 12.8. The van der Waals surface area contributed by atoms with E-state index in [1.54, 1.807) is 0 Å². The van der Waals surface area contributed by atoms with Gasteiger partial charge in [-0.2, -0.15) is 0 Å². The van der Waals surface area contributed by atoms with Crippen molar-refractivity contribution in [3.63, 3.8) is 0 Å². The van der Waals surface area contributed by atoms with E-state index in [1.165, 1.54) is 0 Å². The van der Waals surface area contributed by atoms with Crippen molar-refractivity contribution in [1.82, 2.24) is 5.32 Å². The largest absolute Gasteiger partial charge is 0.319 e. The van der Waals surface area contributed by atoms with Gasteiger partial charge >= 0.3 is 0 Å². The molecule has 0 aromatic rings. The van der Waals surface area contributed by atoms with Crippen LogP contribution in [0.4, 0.5) is 0 Å². The minimum Gasteiger partial charge on any atom is -0.319 e. The van der Waals surface area contributed by atoms with Crippen LogP contribution in [0.3, 0.4) is 0 Å². The number of hydrogen-bond donors (Lipinski definition) is 1. The van der Waals surface area contributed by atoms with Crippen molar-refractivity contribution >= 4 is 9.84 Å². The highest BCUT2D eigenvalue weighted by molar-refractivity contribution is 7.91. The standard InChI is InChI=1S/C12H27NO2S/c1-6-8-16(14,15)9-7-12(4,10-13-5)11(2)3/h11,13H,6-10H2,1-5H3. The van der Waals surface area contributed by atoms with Crippen molar-refractivity contribution in [3.05, 3.63) is 0 Å². The number of sulfone groups is 1. The van der Waals surface area contributed by atoms with Gasteiger partial charge in [0.15, 0.2) is 0 Å². The van der Waals surface area contributed by atoms with Gasteiger partial charge in [-0.15, -0.1) is 0 Å². The smallest absolute Gasteiger partial charge is 0.150 e. The molecular formula is C12H27NO2S. The zero-order valence-corrected chi connectivity index (χ0v) is 12.2. The van der Waals surface area contributed by atoms with Gasteiger partial charge in [0.2, 0.25) is 0 Å². The highest BCUT2D eigenvalue weighted by Crippen LogP contribution is 2.30. The lowest BCUT2D eigenvalue weighted by Crippen LogP contribution is -2.36. The fourth-order valence-corrected chi connectivity index (χ4v) is 3.39. The van der Waals surface area contributed by atoms with Crippen LogP contribution in [0, 0.1) is 11.3 Å². The van der Waals surface area contributed by atoms with Crippen molar-refractivity contribution < 1.29 is 8.42 Å². The van der Waals surface area contributed by atoms with Gasteiger partial charge in [0.1, 0.15) is 9.84 Å². The first-order valence-corrected chi connectivity index (χ1v) is 7.94. The molecule has 0 aliphatic rings. The van der Waals surface area contributed by atoms with Crippen LogP contribution in [-0.4, -0.2) is 33.5 Å². The third-order valence-electron chi connectivity index (χ3n) is 3.47. The monoisotopic (exact) mass is 249 g/mol. The van der Waals surface area contributed by atoms with Crippen LogP contribution >= 0.6 is 0 Å². The van der Waals surface area contributed by atoms with Gasteiger partial charge in [-0.25, -0.2) is 8.42 Å². The summed E-state index contributed by atoms with van der Waals surface area (Å²) in [7, 11) is -0.927. The first-order chi connectivity index (χ1) is 7.27. The van der Waals surface area contributed by atoms with Crippen LogP contribution in [0.25, 0.3) is 0 Å². The topological polar surface area (TPSA) is 46.2 Å². The summed E-state index contributed by atoms with van der Waals surface area (Å²) in [6.07, 6.45) is 1.46. The Bertz CT molecular complexity index is 285. The summed E-state index contributed by atoms with van der Waals surface area (Å²) in [6, 6.07) is 0. The normalized spacial score (nSPS) is 16.4. The van der Waals surface area contributed by atoms with E-state index in [2.05, 4.69) is 26.1 Å². The maximum atomic E-state index is 11.7. The van der Waals surface area contributed by atoms with E-state index in [1.807, 2.05) is 14.0 Å². The third kappa shape index (κ3) is 5.30. The lowest BCUT2D eigenvalue weighted by Gasteiger charge is -2.33. The fourth-order valence-electron chi connectivity index (χ4n) is 1.79. The van der Waals surface area contributed by atoms with Gasteiger partial charge in [0.05, 0.1) is 5.75 Å². The second-order valence-corrected chi connectivity index (χ2v) is 7.54. The van der Waals surface area contributed by atoms with Crippen LogP contribution in [-0.2, 0) is 9.84 Å². The Kier molecular flexibility index (Phi) is 6.56. The highest BCUT2D eigenvalue weighted by atomic mass is 32.2. The predicted molar refractivity (Wildman–Crippen MR) is 70.4 cm³/mol. The average molecular weight is 249 g/mol. The van der Waals surface area contributed by atoms with Gasteiger partial charge in [-0.05, 0) is 31.2 Å². The Morgan fingerprint density at radius 3 is 2.19 bits per heavy atom. The SMILES string of the molecule is CCCS(=O)(=O)CCC(C)(CNC)C(C)C. The summed E-state index contributed by atoms with van der Waals surface area (Å²) in [6.45, 7) is 9.25. The molecule has 1 atom stereocenters. The molecule has 3 nitrogen and oxygen atoms in total. The van der Waals surface area contributed by atoms with Crippen molar-refractivity contribution in [1.29, 1.82) is 0 Å².